The summed E-state index contributed by atoms with van der Waals surface area (Å²) in [5.41, 5.74) is 2.02. The first-order valence-corrected chi connectivity index (χ1v) is 8.77. The quantitative estimate of drug-likeness (QED) is 0.845. The van der Waals surface area contributed by atoms with E-state index in [2.05, 4.69) is 31.2 Å². The third-order valence-corrected chi connectivity index (χ3v) is 5.06. The summed E-state index contributed by atoms with van der Waals surface area (Å²) in [6.45, 7) is 6.63. The van der Waals surface area contributed by atoms with Crippen LogP contribution < -0.4 is 5.32 Å². The Kier molecular flexibility index (Phi) is 4.85. The van der Waals surface area contributed by atoms with Crippen molar-refractivity contribution >= 4 is 17.6 Å². The highest BCUT2D eigenvalue weighted by Crippen LogP contribution is 2.38. The Bertz CT molecular complexity index is 833. The molecule has 1 aliphatic rings. The number of carbonyl (C=O) groups excluding carboxylic acids is 2. The van der Waals surface area contributed by atoms with Gasteiger partial charge in [-0.25, -0.2) is 4.79 Å². The average molecular weight is 356 g/mol. The molecular weight excluding hydrogens is 332 g/mol. The van der Waals surface area contributed by atoms with Crippen LogP contribution in [0.1, 0.15) is 59.4 Å². The average Bonchev–Trinajstić information content (AvgIpc) is 3.04. The lowest BCUT2D eigenvalue weighted by Crippen LogP contribution is -2.27. The number of hydrogen-bond acceptors (Lipinski definition) is 5. The van der Waals surface area contributed by atoms with Crippen molar-refractivity contribution in [2.45, 2.75) is 40.0 Å². The molecule has 6 heteroatoms. The van der Waals surface area contributed by atoms with Gasteiger partial charge in [-0.05, 0) is 36.3 Å². The fourth-order valence-corrected chi connectivity index (χ4v) is 3.38. The molecule has 2 aromatic rings. The van der Waals surface area contributed by atoms with Gasteiger partial charge in [0.2, 0.25) is 0 Å². The monoisotopic (exact) mass is 356 g/mol. The summed E-state index contributed by atoms with van der Waals surface area (Å²) in [4.78, 5) is 24.7. The second-order valence-electron chi connectivity index (χ2n) is 7.73. The molecule has 1 heterocycles. The number of rotatable bonds is 3. The van der Waals surface area contributed by atoms with Gasteiger partial charge in [-0.1, -0.05) is 38.1 Å². The van der Waals surface area contributed by atoms with Crippen LogP contribution in [0.15, 0.2) is 28.8 Å². The van der Waals surface area contributed by atoms with E-state index >= 15 is 0 Å². The zero-order chi connectivity index (χ0) is 18.9. The van der Waals surface area contributed by atoms with E-state index in [0.717, 1.165) is 30.6 Å². The van der Waals surface area contributed by atoms with Gasteiger partial charge in [0.05, 0.1) is 18.4 Å². The summed E-state index contributed by atoms with van der Waals surface area (Å²) in [5, 5.41) is 6.77. The van der Waals surface area contributed by atoms with Crippen LogP contribution >= 0.6 is 0 Å². The Hall–Kier alpha value is -2.63. The molecule has 0 saturated heterocycles. The Morgan fingerprint density at radius 1 is 1.27 bits per heavy atom. The van der Waals surface area contributed by atoms with Crippen molar-refractivity contribution in [3.05, 3.63) is 46.8 Å². The van der Waals surface area contributed by atoms with Crippen LogP contribution in [0.5, 0.6) is 0 Å². The number of para-hydroxylation sites is 1. The van der Waals surface area contributed by atoms with Crippen molar-refractivity contribution in [2.24, 2.45) is 11.3 Å². The molecule has 0 saturated carbocycles. The first kappa shape index (κ1) is 18.2. The van der Waals surface area contributed by atoms with Gasteiger partial charge < -0.3 is 14.6 Å². The SMILES string of the molecule is COC(=O)c1ccccc1NC(=O)c1noc2c1C[C@@H](C(C)(C)C)CC2. The van der Waals surface area contributed by atoms with Crippen molar-refractivity contribution in [2.75, 3.05) is 12.4 Å². The smallest absolute Gasteiger partial charge is 0.339 e. The molecule has 1 atom stereocenters. The highest BCUT2D eigenvalue weighted by Gasteiger charge is 2.34. The lowest BCUT2D eigenvalue weighted by molar-refractivity contribution is 0.0602. The molecule has 6 nitrogen and oxygen atoms in total. The van der Waals surface area contributed by atoms with E-state index in [1.165, 1.54) is 7.11 Å². The standard InChI is InChI=1S/C20H24N2O4/c1-20(2,3)12-9-10-16-14(11-12)17(22-26-16)18(23)21-15-8-6-5-7-13(15)19(24)25-4/h5-8,12H,9-11H2,1-4H3,(H,21,23)/t12-/m0/s1. The van der Waals surface area contributed by atoms with Crippen LogP contribution in [0.2, 0.25) is 0 Å². The van der Waals surface area contributed by atoms with Crippen LogP contribution in [-0.4, -0.2) is 24.1 Å². The lowest BCUT2D eigenvalue weighted by Gasteiger charge is -2.33. The number of nitrogens with one attached hydrogen (secondary N) is 1. The highest BCUT2D eigenvalue weighted by atomic mass is 16.5. The summed E-state index contributed by atoms with van der Waals surface area (Å²) >= 11 is 0. The fraction of sp³-hybridized carbons (Fsp3) is 0.450. The number of carbonyl (C=O) groups is 2. The number of anilines is 1. The van der Waals surface area contributed by atoms with E-state index in [-0.39, 0.29) is 11.3 Å². The minimum absolute atomic E-state index is 0.153. The maximum Gasteiger partial charge on any atom is 0.339 e. The summed E-state index contributed by atoms with van der Waals surface area (Å²) in [7, 11) is 1.31. The van der Waals surface area contributed by atoms with E-state index in [1.54, 1.807) is 24.3 Å². The van der Waals surface area contributed by atoms with Crippen molar-refractivity contribution in [1.82, 2.24) is 5.16 Å². The topological polar surface area (TPSA) is 81.4 Å². The molecule has 0 bridgehead atoms. The van der Waals surface area contributed by atoms with Gasteiger partial charge in [-0.15, -0.1) is 0 Å². The predicted molar refractivity (Wildman–Crippen MR) is 97.2 cm³/mol. The van der Waals surface area contributed by atoms with Crippen LogP contribution in [0, 0.1) is 11.3 Å². The number of fused-ring (bicyclic) bond motifs is 1. The number of esters is 1. The molecule has 1 aliphatic carbocycles. The number of nitrogens with zero attached hydrogens (tertiary/aromatic N) is 1. The lowest BCUT2D eigenvalue weighted by atomic mass is 9.71. The number of methoxy groups -OCH3 is 1. The Balaban J connectivity index is 1.85. The van der Waals surface area contributed by atoms with Gasteiger partial charge in [0, 0.05) is 12.0 Å². The molecule has 0 radical (unpaired) electrons. The van der Waals surface area contributed by atoms with Crippen molar-refractivity contribution in [3.63, 3.8) is 0 Å². The number of amides is 1. The van der Waals surface area contributed by atoms with Gasteiger partial charge in [-0.3, -0.25) is 4.79 Å². The molecule has 0 aliphatic heterocycles. The minimum atomic E-state index is -0.504. The Labute approximate surface area is 152 Å². The van der Waals surface area contributed by atoms with E-state index in [4.69, 9.17) is 9.26 Å². The second-order valence-corrected chi connectivity index (χ2v) is 7.73. The van der Waals surface area contributed by atoms with Crippen molar-refractivity contribution in [1.29, 1.82) is 0 Å². The number of ether oxygens (including phenoxy) is 1. The van der Waals surface area contributed by atoms with Gasteiger partial charge in [-0.2, -0.15) is 0 Å². The molecule has 138 valence electrons. The fourth-order valence-electron chi connectivity index (χ4n) is 3.38. The second kappa shape index (κ2) is 6.94. The molecule has 1 N–H and O–H groups in total. The Morgan fingerprint density at radius 2 is 2.00 bits per heavy atom. The number of aromatic nitrogens is 1. The van der Waals surface area contributed by atoms with Crippen molar-refractivity contribution in [3.8, 4) is 0 Å². The van der Waals surface area contributed by atoms with E-state index in [9.17, 15) is 9.59 Å². The van der Waals surface area contributed by atoms with Crippen LogP contribution in [0.4, 0.5) is 5.69 Å². The number of hydrogen-bond donors (Lipinski definition) is 1. The van der Waals surface area contributed by atoms with Crippen LogP contribution in [0.25, 0.3) is 0 Å². The predicted octanol–water partition coefficient (Wildman–Crippen LogP) is 3.86. The van der Waals surface area contributed by atoms with Gasteiger partial charge in [0.1, 0.15) is 5.76 Å². The minimum Gasteiger partial charge on any atom is -0.465 e. The number of aryl methyl sites for hydroxylation is 1. The van der Waals surface area contributed by atoms with Gasteiger partial charge in [0.15, 0.2) is 5.69 Å². The maximum atomic E-state index is 12.8. The summed E-state index contributed by atoms with van der Waals surface area (Å²) < 4.78 is 10.2. The first-order chi connectivity index (χ1) is 12.3. The van der Waals surface area contributed by atoms with E-state index < -0.39 is 5.97 Å². The third kappa shape index (κ3) is 3.49. The molecule has 1 aromatic heterocycles. The molecule has 1 amide bonds. The molecule has 3 rings (SSSR count). The van der Waals surface area contributed by atoms with E-state index in [1.807, 2.05) is 0 Å². The highest BCUT2D eigenvalue weighted by molar-refractivity contribution is 6.07. The van der Waals surface area contributed by atoms with Gasteiger partial charge >= 0.3 is 5.97 Å². The Morgan fingerprint density at radius 3 is 2.69 bits per heavy atom. The van der Waals surface area contributed by atoms with Gasteiger partial charge in [0.25, 0.3) is 5.91 Å². The summed E-state index contributed by atoms with van der Waals surface area (Å²) in [6, 6.07) is 6.73. The van der Waals surface area contributed by atoms with E-state index in [0.29, 0.717) is 22.9 Å². The summed E-state index contributed by atoms with van der Waals surface area (Å²) in [5.74, 6) is 0.372. The molecular formula is C20H24N2O4. The van der Waals surface area contributed by atoms with Crippen LogP contribution in [-0.2, 0) is 17.6 Å². The molecule has 0 spiro atoms. The molecule has 0 fully saturated rings. The first-order valence-electron chi connectivity index (χ1n) is 8.77. The molecule has 26 heavy (non-hydrogen) atoms. The van der Waals surface area contributed by atoms with Crippen molar-refractivity contribution < 1.29 is 18.8 Å². The number of benzene rings is 1. The molecule has 0 unspecified atom stereocenters. The largest absolute Gasteiger partial charge is 0.465 e. The third-order valence-electron chi connectivity index (χ3n) is 5.06. The van der Waals surface area contributed by atoms with Crippen LogP contribution in [0.3, 0.4) is 0 Å². The molecule has 1 aromatic carbocycles. The zero-order valence-electron chi connectivity index (χ0n) is 15.6. The zero-order valence-corrected chi connectivity index (χ0v) is 15.6. The summed E-state index contributed by atoms with van der Waals surface area (Å²) in [6.07, 6.45) is 2.58. The maximum absolute atomic E-state index is 12.8. The normalized spacial score (nSPS) is 16.7.